The van der Waals surface area contributed by atoms with Gasteiger partial charge in [0.25, 0.3) is 0 Å². The van der Waals surface area contributed by atoms with Crippen LogP contribution in [0.1, 0.15) is 33.6 Å². The number of ether oxygens (including phenoxy) is 3. The van der Waals surface area contributed by atoms with Gasteiger partial charge >= 0.3 is 18.0 Å². The van der Waals surface area contributed by atoms with Gasteiger partial charge in [-0.15, -0.1) is 0 Å². The minimum absolute atomic E-state index is 0.0553. The molecule has 176 valence electrons. The van der Waals surface area contributed by atoms with Crippen LogP contribution in [0.2, 0.25) is 0 Å². The second-order valence-corrected chi connectivity index (χ2v) is 9.19. The van der Waals surface area contributed by atoms with Crippen LogP contribution in [0, 0.1) is 0 Å². The molecule has 0 saturated carbocycles. The summed E-state index contributed by atoms with van der Waals surface area (Å²) in [5, 5.41) is 6.41. The van der Waals surface area contributed by atoms with Crippen molar-refractivity contribution in [3.05, 3.63) is 34.4 Å². The molecule has 0 spiro atoms. The van der Waals surface area contributed by atoms with Gasteiger partial charge in [-0.25, -0.2) is 14.4 Å². The summed E-state index contributed by atoms with van der Waals surface area (Å²) in [7, 11) is 2.46. The van der Waals surface area contributed by atoms with E-state index in [0.717, 1.165) is 29.1 Å². The van der Waals surface area contributed by atoms with E-state index in [1.54, 1.807) is 11.0 Å². The second-order valence-electron chi connectivity index (χ2n) is 8.27. The van der Waals surface area contributed by atoms with E-state index in [0.29, 0.717) is 18.8 Å². The summed E-state index contributed by atoms with van der Waals surface area (Å²) in [6.07, 6.45) is 2.20. The number of piperidine rings is 1. The number of esters is 2. The normalized spacial score (nSPS) is 15.1. The predicted molar refractivity (Wildman–Crippen MR) is 124 cm³/mol. The Morgan fingerprint density at radius 1 is 1.09 bits per heavy atom. The highest BCUT2D eigenvalue weighted by Crippen LogP contribution is 2.30. The van der Waals surface area contributed by atoms with E-state index in [2.05, 4.69) is 31.3 Å². The van der Waals surface area contributed by atoms with E-state index in [9.17, 15) is 14.4 Å². The monoisotopic (exact) mass is 511 g/mol. The Labute approximate surface area is 196 Å². The van der Waals surface area contributed by atoms with Crippen molar-refractivity contribution in [1.29, 1.82) is 0 Å². The van der Waals surface area contributed by atoms with Gasteiger partial charge in [-0.3, -0.25) is 0 Å². The van der Waals surface area contributed by atoms with E-state index in [4.69, 9.17) is 9.47 Å². The van der Waals surface area contributed by atoms with Crippen LogP contribution in [0.4, 0.5) is 16.2 Å². The predicted octanol–water partition coefficient (Wildman–Crippen LogP) is 3.90. The van der Waals surface area contributed by atoms with E-state index in [1.807, 2.05) is 32.9 Å². The smallest absolute Gasteiger partial charge is 0.410 e. The maximum atomic E-state index is 12.3. The van der Waals surface area contributed by atoms with Gasteiger partial charge in [-0.2, -0.15) is 0 Å². The van der Waals surface area contributed by atoms with E-state index >= 15 is 0 Å². The summed E-state index contributed by atoms with van der Waals surface area (Å²) >= 11 is 3.42. The number of hydrogen-bond acceptors (Lipinski definition) is 8. The molecule has 1 heterocycles. The van der Waals surface area contributed by atoms with Crippen LogP contribution >= 0.6 is 15.9 Å². The molecular formula is C22H30BrN3O6. The molecule has 1 aromatic rings. The van der Waals surface area contributed by atoms with Crippen LogP contribution < -0.4 is 10.6 Å². The summed E-state index contributed by atoms with van der Waals surface area (Å²) in [6.45, 7) is 6.68. The zero-order chi connectivity index (χ0) is 23.9. The zero-order valence-electron chi connectivity index (χ0n) is 19.0. The summed E-state index contributed by atoms with van der Waals surface area (Å²) in [5.74, 6) is -1.39. The summed E-state index contributed by atoms with van der Waals surface area (Å²) in [6, 6.07) is 5.62. The van der Waals surface area contributed by atoms with Crippen molar-refractivity contribution in [3.63, 3.8) is 0 Å². The molecule has 0 aliphatic carbocycles. The topological polar surface area (TPSA) is 106 Å². The van der Waals surface area contributed by atoms with Crippen LogP contribution in [0.3, 0.4) is 0 Å². The number of hydrogen-bond donors (Lipinski definition) is 2. The molecule has 10 heteroatoms. The SMILES string of the molecule is COC(=O)/C=C(/Nc1cc(Br)ccc1NC1CCN(C(=O)OC(C)(C)C)CC1)C(=O)OC. The van der Waals surface area contributed by atoms with Crippen LogP contribution in [0.5, 0.6) is 0 Å². The molecule has 1 amide bonds. The summed E-state index contributed by atoms with van der Waals surface area (Å²) < 4.78 is 15.6. The lowest BCUT2D eigenvalue weighted by atomic mass is 10.0. The van der Waals surface area contributed by atoms with Crippen LogP contribution in [-0.2, 0) is 23.8 Å². The fourth-order valence-corrected chi connectivity index (χ4v) is 3.44. The summed E-state index contributed by atoms with van der Waals surface area (Å²) in [5.41, 5.74) is 0.734. The van der Waals surface area contributed by atoms with Gasteiger partial charge in [0.1, 0.15) is 11.3 Å². The number of methoxy groups -OCH3 is 2. The van der Waals surface area contributed by atoms with Crippen LogP contribution in [-0.4, -0.2) is 61.9 Å². The zero-order valence-corrected chi connectivity index (χ0v) is 20.6. The molecule has 1 fully saturated rings. The van der Waals surface area contributed by atoms with Crippen molar-refractivity contribution >= 4 is 45.3 Å². The molecule has 2 N–H and O–H groups in total. The first-order valence-electron chi connectivity index (χ1n) is 10.2. The molecule has 0 bridgehead atoms. The number of amides is 1. The van der Waals surface area contributed by atoms with Gasteiger partial charge in [0.15, 0.2) is 0 Å². The molecule has 0 radical (unpaired) electrons. The third-order valence-electron chi connectivity index (χ3n) is 4.63. The van der Waals surface area contributed by atoms with Gasteiger partial charge in [0.05, 0.1) is 31.7 Å². The summed E-state index contributed by atoms with van der Waals surface area (Å²) in [4.78, 5) is 37.8. The molecule has 1 aromatic carbocycles. The van der Waals surface area contributed by atoms with Crippen molar-refractivity contribution in [2.24, 2.45) is 0 Å². The molecular weight excluding hydrogens is 482 g/mol. The van der Waals surface area contributed by atoms with E-state index in [-0.39, 0.29) is 17.8 Å². The fraction of sp³-hybridized carbons (Fsp3) is 0.500. The lowest BCUT2D eigenvalue weighted by Crippen LogP contribution is -2.44. The number of rotatable bonds is 6. The van der Waals surface area contributed by atoms with Crippen molar-refractivity contribution in [2.45, 2.75) is 45.3 Å². The quantitative estimate of drug-likeness (QED) is 0.336. The van der Waals surface area contributed by atoms with Crippen LogP contribution in [0.15, 0.2) is 34.4 Å². The number of nitrogens with zero attached hydrogens (tertiary/aromatic N) is 1. The van der Waals surface area contributed by atoms with E-state index in [1.165, 1.54) is 14.2 Å². The number of likely N-dealkylation sites (tertiary alicyclic amines) is 1. The standard InChI is InChI=1S/C22H30BrN3O6/c1-22(2,3)32-21(29)26-10-8-15(9-11-26)24-16-7-6-14(23)12-17(16)25-18(20(28)31-5)13-19(27)30-4/h6-7,12-13,15,24-25H,8-11H2,1-5H3/b18-13+. The molecule has 0 atom stereocenters. The number of nitrogens with one attached hydrogen (secondary N) is 2. The minimum atomic E-state index is -0.702. The number of carbonyl (C=O) groups is 3. The lowest BCUT2D eigenvalue weighted by Gasteiger charge is -2.34. The third-order valence-corrected chi connectivity index (χ3v) is 5.12. The Kier molecular flexibility index (Phi) is 8.94. The Morgan fingerprint density at radius 3 is 2.31 bits per heavy atom. The first kappa shape index (κ1) is 25.5. The van der Waals surface area contributed by atoms with Crippen molar-refractivity contribution in [1.82, 2.24) is 4.90 Å². The Hall–Kier alpha value is -2.75. The van der Waals surface area contributed by atoms with Crippen LogP contribution in [0.25, 0.3) is 0 Å². The molecule has 0 aromatic heterocycles. The Balaban J connectivity index is 2.11. The van der Waals surface area contributed by atoms with Crippen molar-refractivity contribution in [2.75, 3.05) is 37.9 Å². The average molecular weight is 512 g/mol. The minimum Gasteiger partial charge on any atom is -0.466 e. The molecule has 1 aliphatic heterocycles. The highest BCUT2D eigenvalue weighted by molar-refractivity contribution is 9.10. The molecule has 32 heavy (non-hydrogen) atoms. The maximum Gasteiger partial charge on any atom is 0.410 e. The highest BCUT2D eigenvalue weighted by Gasteiger charge is 2.27. The number of halogens is 1. The van der Waals surface area contributed by atoms with Crippen molar-refractivity contribution in [3.8, 4) is 0 Å². The number of anilines is 2. The maximum absolute atomic E-state index is 12.3. The molecule has 1 saturated heterocycles. The number of carbonyl (C=O) groups excluding carboxylic acids is 3. The highest BCUT2D eigenvalue weighted by atomic mass is 79.9. The van der Waals surface area contributed by atoms with Gasteiger partial charge in [0.2, 0.25) is 0 Å². The second kappa shape index (κ2) is 11.2. The first-order valence-corrected chi connectivity index (χ1v) is 11.0. The molecule has 2 rings (SSSR count). The molecule has 1 aliphatic rings. The van der Waals surface area contributed by atoms with Gasteiger partial charge in [-0.1, -0.05) is 15.9 Å². The largest absolute Gasteiger partial charge is 0.466 e. The fourth-order valence-electron chi connectivity index (χ4n) is 3.08. The third kappa shape index (κ3) is 7.74. The first-order chi connectivity index (χ1) is 15.0. The number of benzene rings is 1. The lowest BCUT2D eigenvalue weighted by molar-refractivity contribution is -0.138. The van der Waals surface area contributed by atoms with E-state index < -0.39 is 17.5 Å². The van der Waals surface area contributed by atoms with Gasteiger partial charge < -0.3 is 29.7 Å². The van der Waals surface area contributed by atoms with Gasteiger partial charge in [-0.05, 0) is 51.8 Å². The molecule has 9 nitrogen and oxygen atoms in total. The Bertz CT molecular complexity index is 873. The average Bonchev–Trinajstić information content (AvgIpc) is 2.73. The molecule has 0 unspecified atom stereocenters. The van der Waals surface area contributed by atoms with Crippen molar-refractivity contribution < 1.29 is 28.6 Å². The Morgan fingerprint density at radius 2 is 1.75 bits per heavy atom. The van der Waals surface area contributed by atoms with Gasteiger partial charge in [0, 0.05) is 23.6 Å².